The van der Waals surface area contributed by atoms with Crippen LogP contribution in [-0.2, 0) is 9.31 Å². The fourth-order valence-corrected chi connectivity index (χ4v) is 2.98. The maximum Gasteiger partial charge on any atom is 0.496 e. The van der Waals surface area contributed by atoms with Gasteiger partial charge in [-0.15, -0.1) is 0 Å². The molecule has 29 heavy (non-hydrogen) atoms. The zero-order chi connectivity index (χ0) is 21.4. The highest BCUT2D eigenvalue weighted by Crippen LogP contribution is 2.36. The van der Waals surface area contributed by atoms with Crippen LogP contribution in [0.25, 0.3) is 11.0 Å². The van der Waals surface area contributed by atoms with Gasteiger partial charge in [-0.2, -0.15) is 0 Å². The number of nitrogens with one attached hydrogen (secondary N) is 1. The summed E-state index contributed by atoms with van der Waals surface area (Å²) in [6, 6.07) is 4.59. The Kier molecular flexibility index (Phi) is 5.96. The molecule has 0 aliphatic carbocycles. The lowest BCUT2D eigenvalue weighted by molar-refractivity contribution is 0.00578. The number of aromatic nitrogens is 2. The maximum atomic E-state index is 6.14. The first-order valence-corrected chi connectivity index (χ1v) is 10.2. The Balaban J connectivity index is 1.76. The molecule has 0 spiro atoms. The zero-order valence-corrected chi connectivity index (χ0v) is 18.9. The number of nitrogens with zero attached hydrogens (tertiary/aromatic N) is 2. The molecule has 1 unspecified atom stereocenters. The SMILES string of the molecule is C/C(C#Cc1cc2cc(B3OC(C)(C)C(C)(C)O3)cnc2[nH]1)=C\CC(C)N(C)C. The van der Waals surface area contributed by atoms with Crippen LogP contribution in [0.3, 0.4) is 0 Å². The van der Waals surface area contributed by atoms with Gasteiger partial charge in [-0.3, -0.25) is 0 Å². The van der Waals surface area contributed by atoms with E-state index < -0.39 is 7.12 Å². The molecule has 1 fully saturated rings. The molecule has 6 heteroatoms. The van der Waals surface area contributed by atoms with Crippen molar-refractivity contribution in [2.75, 3.05) is 14.1 Å². The Bertz CT molecular complexity index is 963. The van der Waals surface area contributed by atoms with Crippen molar-refractivity contribution in [2.24, 2.45) is 0 Å². The Morgan fingerprint density at radius 1 is 1.24 bits per heavy atom. The average molecular weight is 393 g/mol. The quantitative estimate of drug-likeness (QED) is 0.638. The van der Waals surface area contributed by atoms with Gasteiger partial charge in [0.05, 0.1) is 16.9 Å². The maximum absolute atomic E-state index is 6.14. The molecule has 0 saturated carbocycles. The molecule has 1 N–H and O–H groups in total. The highest BCUT2D eigenvalue weighted by atomic mass is 16.7. The van der Waals surface area contributed by atoms with E-state index in [1.807, 2.05) is 19.2 Å². The van der Waals surface area contributed by atoms with Gasteiger partial charge in [0.15, 0.2) is 0 Å². The monoisotopic (exact) mass is 393 g/mol. The Morgan fingerprint density at radius 3 is 2.52 bits per heavy atom. The summed E-state index contributed by atoms with van der Waals surface area (Å²) in [7, 11) is 3.77. The number of pyridine rings is 1. The Morgan fingerprint density at radius 2 is 1.90 bits per heavy atom. The van der Waals surface area contributed by atoms with Crippen molar-refractivity contribution in [1.82, 2.24) is 14.9 Å². The number of fused-ring (bicyclic) bond motifs is 1. The van der Waals surface area contributed by atoms with Gasteiger partial charge >= 0.3 is 7.12 Å². The van der Waals surface area contributed by atoms with E-state index in [1.54, 1.807) is 0 Å². The summed E-state index contributed by atoms with van der Waals surface area (Å²) in [6.07, 6.45) is 4.99. The predicted octanol–water partition coefficient (Wildman–Crippen LogP) is 3.50. The van der Waals surface area contributed by atoms with Crippen LogP contribution < -0.4 is 5.46 Å². The van der Waals surface area contributed by atoms with Gasteiger partial charge in [0, 0.05) is 23.1 Å². The smallest absolute Gasteiger partial charge is 0.399 e. The molecule has 1 aliphatic heterocycles. The summed E-state index contributed by atoms with van der Waals surface area (Å²) in [6.45, 7) is 12.5. The summed E-state index contributed by atoms with van der Waals surface area (Å²) < 4.78 is 12.3. The molecule has 3 rings (SSSR count). The van der Waals surface area contributed by atoms with Crippen LogP contribution in [-0.4, -0.2) is 53.3 Å². The highest BCUT2D eigenvalue weighted by Gasteiger charge is 2.51. The fourth-order valence-electron chi connectivity index (χ4n) is 2.98. The second kappa shape index (κ2) is 7.99. The third-order valence-corrected chi connectivity index (χ3v) is 6.06. The molecule has 3 heterocycles. The Labute approximate surface area is 175 Å². The lowest BCUT2D eigenvalue weighted by Crippen LogP contribution is -2.41. The number of allylic oxidation sites excluding steroid dienone is 1. The normalized spacial score (nSPS) is 19.5. The molecule has 0 bridgehead atoms. The second-order valence-electron chi connectivity index (χ2n) is 9.16. The second-order valence-corrected chi connectivity index (χ2v) is 9.16. The average Bonchev–Trinajstić information content (AvgIpc) is 3.14. The van der Waals surface area contributed by atoms with E-state index in [-0.39, 0.29) is 11.2 Å². The summed E-state index contributed by atoms with van der Waals surface area (Å²) in [4.78, 5) is 10.0. The van der Waals surface area contributed by atoms with E-state index in [4.69, 9.17) is 9.31 Å². The van der Waals surface area contributed by atoms with Crippen LogP contribution in [0.1, 0.15) is 53.7 Å². The van der Waals surface area contributed by atoms with Gasteiger partial charge in [0.2, 0.25) is 0 Å². The largest absolute Gasteiger partial charge is 0.496 e. The van der Waals surface area contributed by atoms with Crippen molar-refractivity contribution >= 4 is 23.6 Å². The minimum absolute atomic E-state index is 0.366. The third kappa shape index (κ3) is 4.75. The number of rotatable bonds is 4. The predicted molar refractivity (Wildman–Crippen MR) is 120 cm³/mol. The summed E-state index contributed by atoms with van der Waals surface area (Å²) in [5, 5.41) is 1.00. The van der Waals surface area contributed by atoms with Gasteiger partial charge in [-0.1, -0.05) is 12.0 Å². The fraction of sp³-hybridized carbons (Fsp3) is 0.522. The van der Waals surface area contributed by atoms with Crippen molar-refractivity contribution in [2.45, 2.75) is 65.2 Å². The van der Waals surface area contributed by atoms with Gasteiger partial charge in [0.1, 0.15) is 5.65 Å². The first-order valence-electron chi connectivity index (χ1n) is 10.2. The van der Waals surface area contributed by atoms with Crippen LogP contribution in [0, 0.1) is 11.8 Å². The van der Waals surface area contributed by atoms with Crippen molar-refractivity contribution in [3.8, 4) is 11.8 Å². The molecule has 0 radical (unpaired) electrons. The minimum Gasteiger partial charge on any atom is -0.399 e. The molecule has 0 aromatic carbocycles. The van der Waals surface area contributed by atoms with Crippen molar-refractivity contribution in [3.05, 3.63) is 35.7 Å². The molecular formula is C23H32BN3O2. The first kappa shape index (κ1) is 21.6. The van der Waals surface area contributed by atoms with Gasteiger partial charge < -0.3 is 19.2 Å². The van der Waals surface area contributed by atoms with E-state index in [9.17, 15) is 0 Å². The zero-order valence-electron chi connectivity index (χ0n) is 18.9. The number of H-pyrrole nitrogens is 1. The first-order chi connectivity index (χ1) is 13.5. The van der Waals surface area contributed by atoms with E-state index >= 15 is 0 Å². The minimum atomic E-state index is -0.412. The molecule has 1 atom stereocenters. The lowest BCUT2D eigenvalue weighted by Gasteiger charge is -2.32. The highest BCUT2D eigenvalue weighted by molar-refractivity contribution is 6.62. The van der Waals surface area contributed by atoms with E-state index in [0.717, 1.165) is 34.2 Å². The number of hydrogen-bond acceptors (Lipinski definition) is 4. The molecule has 2 aromatic rings. The summed E-state index contributed by atoms with van der Waals surface area (Å²) in [5.74, 6) is 6.44. The van der Waals surface area contributed by atoms with Crippen LogP contribution in [0.4, 0.5) is 0 Å². The number of hydrogen-bond donors (Lipinski definition) is 1. The van der Waals surface area contributed by atoms with Crippen LogP contribution in [0.15, 0.2) is 30.0 Å². The third-order valence-electron chi connectivity index (χ3n) is 6.06. The summed E-state index contributed by atoms with van der Waals surface area (Å²) in [5.41, 5.74) is 2.93. The molecule has 0 amide bonds. The number of aromatic amines is 1. The van der Waals surface area contributed by atoms with E-state index in [1.165, 1.54) is 0 Å². The van der Waals surface area contributed by atoms with E-state index in [2.05, 4.69) is 87.6 Å². The van der Waals surface area contributed by atoms with Crippen molar-refractivity contribution < 1.29 is 9.31 Å². The topological polar surface area (TPSA) is 50.4 Å². The van der Waals surface area contributed by atoms with Crippen LogP contribution in [0.2, 0.25) is 0 Å². The van der Waals surface area contributed by atoms with Gasteiger partial charge in [-0.05, 0) is 85.7 Å². The van der Waals surface area contributed by atoms with Crippen LogP contribution in [0.5, 0.6) is 0 Å². The standard InChI is InChI=1S/C23H32BN3O2/c1-16(9-11-17(2)27(7)8)10-12-20-14-18-13-19(15-25-21(18)26-20)24-28-22(3,4)23(5,6)29-24/h9,13-15,17H,11H2,1-8H3,(H,25,26)/b16-9+. The van der Waals surface area contributed by atoms with Gasteiger partial charge in [0.25, 0.3) is 0 Å². The molecule has 1 aliphatic rings. The summed E-state index contributed by atoms with van der Waals surface area (Å²) >= 11 is 0. The lowest BCUT2D eigenvalue weighted by atomic mass is 9.80. The molecule has 1 saturated heterocycles. The molecule has 5 nitrogen and oxygen atoms in total. The molecular weight excluding hydrogens is 361 g/mol. The van der Waals surface area contributed by atoms with Crippen LogP contribution >= 0.6 is 0 Å². The van der Waals surface area contributed by atoms with E-state index in [0.29, 0.717) is 6.04 Å². The molecule has 154 valence electrons. The van der Waals surface area contributed by atoms with Gasteiger partial charge in [-0.25, -0.2) is 4.98 Å². The Hall–Kier alpha value is -2.07. The van der Waals surface area contributed by atoms with Crippen molar-refractivity contribution in [1.29, 1.82) is 0 Å². The molecule has 2 aromatic heterocycles. The van der Waals surface area contributed by atoms with Crippen molar-refractivity contribution in [3.63, 3.8) is 0 Å².